The Morgan fingerprint density at radius 2 is 2.21 bits per heavy atom. The van der Waals surface area contributed by atoms with Crippen molar-refractivity contribution in [3.63, 3.8) is 0 Å². The Labute approximate surface area is 91.8 Å². The molecule has 0 radical (unpaired) electrons. The quantitative estimate of drug-likeness (QED) is 0.851. The molecule has 0 aromatic heterocycles. The first-order chi connectivity index (χ1) is 6.50. The highest BCUT2D eigenvalue weighted by Crippen LogP contribution is 2.19. The minimum Gasteiger partial charge on any atom is -0.325 e. The van der Waals surface area contributed by atoms with Crippen LogP contribution < -0.4 is 11.1 Å². The zero-order chi connectivity index (χ0) is 10.7. The maximum absolute atomic E-state index is 11.3. The molecule has 1 rings (SSSR count). The number of nitrogens with one attached hydrogen (secondary N) is 1. The number of rotatable bonds is 2. The van der Waals surface area contributed by atoms with E-state index >= 15 is 0 Å². The summed E-state index contributed by atoms with van der Waals surface area (Å²) in [5, 5.41) is 2.75. The Morgan fingerprint density at radius 3 is 2.71 bits per heavy atom. The van der Waals surface area contributed by atoms with Crippen LogP contribution in [-0.4, -0.2) is 11.9 Å². The summed E-state index contributed by atoms with van der Waals surface area (Å²) in [6.07, 6.45) is 0. The van der Waals surface area contributed by atoms with Gasteiger partial charge in [-0.15, -0.1) is 0 Å². The lowest BCUT2D eigenvalue weighted by Crippen LogP contribution is -2.32. The Bertz CT molecular complexity index is 350. The van der Waals surface area contributed by atoms with Crippen LogP contribution in [-0.2, 0) is 4.79 Å². The standard InChI is InChI=1S/C10H13BrN2O/c1-6-5-8(11)3-4-9(6)13-10(14)7(2)12/h3-5,7H,12H2,1-2H3,(H,13,14)/t7-/m0/s1. The van der Waals surface area contributed by atoms with E-state index in [9.17, 15) is 4.79 Å². The van der Waals surface area contributed by atoms with E-state index in [1.165, 1.54) is 0 Å². The van der Waals surface area contributed by atoms with E-state index < -0.39 is 6.04 Å². The molecule has 1 amide bonds. The maximum Gasteiger partial charge on any atom is 0.241 e. The van der Waals surface area contributed by atoms with Gasteiger partial charge in [-0.05, 0) is 37.6 Å². The van der Waals surface area contributed by atoms with Gasteiger partial charge in [-0.25, -0.2) is 0 Å². The van der Waals surface area contributed by atoms with Crippen LogP contribution in [0.3, 0.4) is 0 Å². The summed E-state index contributed by atoms with van der Waals surface area (Å²) in [5.41, 5.74) is 7.25. The number of amides is 1. The molecular weight excluding hydrogens is 244 g/mol. The summed E-state index contributed by atoms with van der Waals surface area (Å²) in [6, 6.07) is 5.18. The lowest BCUT2D eigenvalue weighted by Gasteiger charge is -2.10. The van der Waals surface area contributed by atoms with E-state index in [0.717, 1.165) is 15.7 Å². The van der Waals surface area contributed by atoms with Gasteiger partial charge >= 0.3 is 0 Å². The molecule has 0 fully saturated rings. The molecule has 1 aromatic rings. The number of nitrogens with two attached hydrogens (primary N) is 1. The van der Waals surface area contributed by atoms with Gasteiger partial charge in [0.1, 0.15) is 0 Å². The third-order valence-corrected chi connectivity index (χ3v) is 2.35. The highest BCUT2D eigenvalue weighted by molar-refractivity contribution is 9.10. The number of carbonyl (C=O) groups is 1. The summed E-state index contributed by atoms with van der Waals surface area (Å²) < 4.78 is 0.994. The minimum absolute atomic E-state index is 0.171. The molecule has 0 aliphatic carbocycles. The average molecular weight is 257 g/mol. The van der Waals surface area contributed by atoms with Gasteiger partial charge in [-0.3, -0.25) is 4.79 Å². The van der Waals surface area contributed by atoms with Crippen LogP contribution in [0, 0.1) is 6.92 Å². The number of hydrogen-bond acceptors (Lipinski definition) is 2. The van der Waals surface area contributed by atoms with Gasteiger partial charge in [0.05, 0.1) is 6.04 Å². The molecule has 0 spiro atoms. The first kappa shape index (κ1) is 11.2. The van der Waals surface area contributed by atoms with E-state index in [0.29, 0.717) is 0 Å². The third-order valence-electron chi connectivity index (χ3n) is 1.86. The predicted molar refractivity (Wildman–Crippen MR) is 61.2 cm³/mol. The van der Waals surface area contributed by atoms with E-state index in [4.69, 9.17) is 5.73 Å². The van der Waals surface area contributed by atoms with Crippen LogP contribution in [0.15, 0.2) is 22.7 Å². The molecule has 0 aliphatic heterocycles. The van der Waals surface area contributed by atoms with Crippen LogP contribution in [0.1, 0.15) is 12.5 Å². The topological polar surface area (TPSA) is 55.1 Å². The van der Waals surface area contributed by atoms with Gasteiger partial charge < -0.3 is 11.1 Å². The van der Waals surface area contributed by atoms with E-state index in [2.05, 4.69) is 21.2 Å². The Hall–Kier alpha value is -0.870. The largest absolute Gasteiger partial charge is 0.325 e. The number of halogens is 1. The summed E-state index contributed by atoms with van der Waals surface area (Å²) in [6.45, 7) is 3.59. The predicted octanol–water partition coefficient (Wildman–Crippen LogP) is 2.04. The summed E-state index contributed by atoms with van der Waals surface area (Å²) in [4.78, 5) is 11.3. The molecule has 0 unspecified atom stereocenters. The lowest BCUT2D eigenvalue weighted by molar-refractivity contribution is -0.117. The summed E-state index contributed by atoms with van der Waals surface area (Å²) in [7, 11) is 0. The molecule has 4 heteroatoms. The van der Waals surface area contributed by atoms with Crippen LogP contribution in [0.25, 0.3) is 0 Å². The van der Waals surface area contributed by atoms with Crippen molar-refractivity contribution in [3.05, 3.63) is 28.2 Å². The number of benzene rings is 1. The summed E-state index contributed by atoms with van der Waals surface area (Å²) in [5.74, 6) is -0.171. The van der Waals surface area contributed by atoms with Crippen molar-refractivity contribution < 1.29 is 4.79 Å². The molecule has 3 nitrogen and oxygen atoms in total. The average Bonchev–Trinajstić information content (AvgIpc) is 2.09. The molecule has 1 aromatic carbocycles. The Morgan fingerprint density at radius 1 is 1.57 bits per heavy atom. The molecule has 1 atom stereocenters. The van der Waals surface area contributed by atoms with Gasteiger partial charge in [0.25, 0.3) is 0 Å². The van der Waals surface area contributed by atoms with Crippen molar-refractivity contribution in [2.45, 2.75) is 19.9 Å². The SMILES string of the molecule is Cc1cc(Br)ccc1NC(=O)[C@H](C)N. The van der Waals surface area contributed by atoms with Crippen molar-refractivity contribution in [1.82, 2.24) is 0 Å². The fraction of sp³-hybridized carbons (Fsp3) is 0.300. The highest BCUT2D eigenvalue weighted by Gasteiger charge is 2.08. The molecule has 76 valence electrons. The first-order valence-electron chi connectivity index (χ1n) is 4.33. The second kappa shape index (κ2) is 4.57. The molecule has 0 saturated carbocycles. The van der Waals surface area contributed by atoms with Crippen molar-refractivity contribution in [1.29, 1.82) is 0 Å². The molecule has 0 aliphatic rings. The van der Waals surface area contributed by atoms with Gasteiger partial charge in [-0.2, -0.15) is 0 Å². The van der Waals surface area contributed by atoms with Gasteiger partial charge in [-0.1, -0.05) is 15.9 Å². The van der Waals surface area contributed by atoms with Crippen LogP contribution >= 0.6 is 15.9 Å². The minimum atomic E-state index is -0.488. The molecule has 3 N–H and O–H groups in total. The van der Waals surface area contributed by atoms with Crippen LogP contribution in [0.5, 0.6) is 0 Å². The fourth-order valence-corrected chi connectivity index (χ4v) is 1.49. The number of aryl methyl sites for hydroxylation is 1. The van der Waals surface area contributed by atoms with E-state index in [-0.39, 0.29) is 5.91 Å². The normalized spacial score (nSPS) is 12.3. The van der Waals surface area contributed by atoms with E-state index in [1.54, 1.807) is 6.92 Å². The molecule has 0 bridgehead atoms. The van der Waals surface area contributed by atoms with Crippen LogP contribution in [0.2, 0.25) is 0 Å². The second-order valence-electron chi connectivity index (χ2n) is 3.24. The highest BCUT2D eigenvalue weighted by atomic mass is 79.9. The van der Waals surface area contributed by atoms with Crippen molar-refractivity contribution in [2.24, 2.45) is 5.73 Å². The molecular formula is C10H13BrN2O. The Kier molecular flexibility index (Phi) is 3.66. The molecule has 0 saturated heterocycles. The van der Waals surface area contributed by atoms with Crippen LogP contribution in [0.4, 0.5) is 5.69 Å². The van der Waals surface area contributed by atoms with Crippen molar-refractivity contribution >= 4 is 27.5 Å². The number of hydrogen-bond donors (Lipinski definition) is 2. The zero-order valence-electron chi connectivity index (χ0n) is 8.17. The number of anilines is 1. The van der Waals surface area contributed by atoms with Crippen molar-refractivity contribution in [2.75, 3.05) is 5.32 Å². The van der Waals surface area contributed by atoms with Gasteiger partial charge in [0, 0.05) is 10.2 Å². The first-order valence-corrected chi connectivity index (χ1v) is 5.12. The fourth-order valence-electron chi connectivity index (χ4n) is 1.01. The van der Waals surface area contributed by atoms with Crippen molar-refractivity contribution in [3.8, 4) is 0 Å². The second-order valence-corrected chi connectivity index (χ2v) is 4.15. The molecule has 0 heterocycles. The number of carbonyl (C=O) groups excluding carboxylic acids is 1. The van der Waals surface area contributed by atoms with E-state index in [1.807, 2.05) is 25.1 Å². The lowest BCUT2D eigenvalue weighted by atomic mass is 10.2. The third kappa shape index (κ3) is 2.82. The van der Waals surface area contributed by atoms with Gasteiger partial charge in [0.2, 0.25) is 5.91 Å². The monoisotopic (exact) mass is 256 g/mol. The zero-order valence-corrected chi connectivity index (χ0v) is 9.76. The molecule has 14 heavy (non-hydrogen) atoms. The Balaban J connectivity index is 2.82. The van der Waals surface area contributed by atoms with Gasteiger partial charge in [0.15, 0.2) is 0 Å². The smallest absolute Gasteiger partial charge is 0.241 e. The summed E-state index contributed by atoms with van der Waals surface area (Å²) >= 11 is 3.35. The maximum atomic E-state index is 11.3.